The third-order valence-corrected chi connectivity index (χ3v) is 10.5. The van der Waals surface area contributed by atoms with Crippen molar-refractivity contribution in [3.8, 4) is 11.5 Å². The monoisotopic (exact) mass is 640 g/mol. The number of carbonyl (C=O) groups is 4. The van der Waals surface area contributed by atoms with Crippen LogP contribution in [0.1, 0.15) is 31.2 Å². The van der Waals surface area contributed by atoms with Crippen molar-refractivity contribution in [1.29, 1.82) is 0 Å². The number of ether oxygens (including phenoxy) is 1. The van der Waals surface area contributed by atoms with Crippen LogP contribution < -0.4 is 14.5 Å². The van der Waals surface area contributed by atoms with Crippen molar-refractivity contribution in [3.05, 3.63) is 94.5 Å². The van der Waals surface area contributed by atoms with E-state index in [0.29, 0.717) is 29.1 Å². The Labute approximate surface area is 257 Å². The lowest BCUT2D eigenvalue weighted by atomic mass is 9.51. The topological polar surface area (TPSA) is 104 Å². The summed E-state index contributed by atoms with van der Waals surface area (Å²) < 4.78 is 6.15. The van der Waals surface area contributed by atoms with Gasteiger partial charge in [0, 0.05) is 22.0 Å². The Bertz CT molecular complexity index is 1720. The van der Waals surface area contributed by atoms with Crippen molar-refractivity contribution < 1.29 is 29.0 Å². The zero-order valence-corrected chi connectivity index (χ0v) is 25.2. The molecule has 9 heteroatoms. The van der Waals surface area contributed by atoms with Crippen LogP contribution in [0.5, 0.6) is 11.5 Å². The summed E-state index contributed by atoms with van der Waals surface area (Å²) in [6.07, 6.45) is 2.55. The number of nitrogens with zero attached hydrogens (tertiary/aromatic N) is 2. The van der Waals surface area contributed by atoms with Crippen LogP contribution in [0.4, 0.5) is 11.4 Å². The van der Waals surface area contributed by atoms with Gasteiger partial charge in [0.2, 0.25) is 23.6 Å². The highest BCUT2D eigenvalue weighted by Gasteiger charge is 2.68. The average molecular weight is 642 g/mol. The Morgan fingerprint density at radius 1 is 0.860 bits per heavy atom. The smallest absolute Gasteiger partial charge is 0.241 e. The van der Waals surface area contributed by atoms with E-state index in [0.717, 1.165) is 10.0 Å². The number of hydrogen-bond donors (Lipinski definition) is 1. The number of anilines is 2. The molecule has 1 N–H and O–H groups in total. The van der Waals surface area contributed by atoms with Gasteiger partial charge in [0.15, 0.2) is 0 Å². The van der Waals surface area contributed by atoms with Gasteiger partial charge in [-0.05, 0) is 68.1 Å². The van der Waals surface area contributed by atoms with Crippen LogP contribution in [0.3, 0.4) is 0 Å². The van der Waals surface area contributed by atoms with Gasteiger partial charge in [-0.1, -0.05) is 51.8 Å². The van der Waals surface area contributed by atoms with Gasteiger partial charge < -0.3 is 9.84 Å². The number of phenolic OH excluding ortho intramolecular Hbond substituents is 1. The highest BCUT2D eigenvalue weighted by atomic mass is 79.9. The second kappa shape index (κ2) is 9.91. The number of rotatable bonds is 4. The maximum atomic E-state index is 14.4. The van der Waals surface area contributed by atoms with E-state index >= 15 is 0 Å². The van der Waals surface area contributed by atoms with Crippen LogP contribution in [-0.2, 0) is 19.2 Å². The fraction of sp³-hybridized carbons (Fsp3) is 0.294. The normalized spacial score (nSPS) is 29.7. The van der Waals surface area contributed by atoms with Gasteiger partial charge in [0.25, 0.3) is 0 Å². The molecule has 0 unspecified atom stereocenters. The van der Waals surface area contributed by atoms with E-state index in [-0.39, 0.29) is 35.8 Å². The van der Waals surface area contributed by atoms with Crippen LogP contribution >= 0.6 is 15.9 Å². The summed E-state index contributed by atoms with van der Waals surface area (Å²) in [5.41, 5.74) is 1.05. The minimum atomic E-state index is -1.23. The molecule has 2 aliphatic heterocycles. The predicted octanol–water partition coefficient (Wildman–Crippen LogP) is 5.60. The highest BCUT2D eigenvalue weighted by Crippen LogP contribution is 2.64. The number of fused-ring (bicyclic) bond motifs is 4. The molecule has 2 saturated heterocycles. The predicted molar refractivity (Wildman–Crippen MR) is 162 cm³/mol. The molecule has 3 aromatic carbocycles. The fourth-order valence-corrected chi connectivity index (χ4v) is 8.19. The standard InChI is InChI=1S/C34H29BrN2O6/c1-34-26(31(40)37(33(34)42)19-6-4-3-5-7-19)17-25-22(29(34)23-13-12-21(43-2)16-27(23)38)14-15-24-28(25)32(41)36(30(24)39)20-10-8-18(35)9-11-20/h3-14,16,24-26,28-29,38H,15,17H2,1-2H3/t24-,25+,26-,28-,29+,34+/m0/s1. The molecule has 0 aromatic heterocycles. The third-order valence-electron chi connectivity index (χ3n) is 9.92. The SMILES string of the molecule is COc1ccc([C@H]2C3=CC[C@@H]4C(=O)N(c5ccc(Br)cc5)C(=O)[C@@H]4[C@@H]3C[C@H]3C(=O)N(c4ccccc4)C(=O)[C@@]23C)c(O)c1. The first-order valence-electron chi connectivity index (χ1n) is 14.3. The Morgan fingerprint density at radius 2 is 1.56 bits per heavy atom. The number of allylic oxidation sites excluding steroid dienone is 2. The van der Waals surface area contributed by atoms with Crippen LogP contribution in [0.2, 0.25) is 0 Å². The first-order chi connectivity index (χ1) is 20.7. The van der Waals surface area contributed by atoms with E-state index in [4.69, 9.17) is 4.74 Å². The quantitative estimate of drug-likeness (QED) is 0.294. The maximum Gasteiger partial charge on any atom is 0.241 e. The number of aromatic hydroxyl groups is 1. The van der Waals surface area contributed by atoms with Crippen LogP contribution in [-0.4, -0.2) is 35.8 Å². The molecule has 0 spiro atoms. The number of carbonyl (C=O) groups excluding carboxylic acids is 4. The molecule has 1 saturated carbocycles. The van der Waals surface area contributed by atoms with Gasteiger partial charge in [-0.2, -0.15) is 0 Å². The molecule has 3 fully saturated rings. The van der Waals surface area contributed by atoms with E-state index in [9.17, 15) is 24.3 Å². The molecule has 2 heterocycles. The number of halogens is 1. The number of methoxy groups -OCH3 is 1. The van der Waals surface area contributed by atoms with Gasteiger partial charge in [-0.25, -0.2) is 4.90 Å². The summed E-state index contributed by atoms with van der Waals surface area (Å²) in [7, 11) is 1.50. The van der Waals surface area contributed by atoms with Crippen molar-refractivity contribution in [2.75, 3.05) is 16.9 Å². The zero-order valence-electron chi connectivity index (χ0n) is 23.6. The summed E-state index contributed by atoms with van der Waals surface area (Å²) in [5.74, 6) is -4.03. The zero-order chi connectivity index (χ0) is 30.2. The molecule has 4 aliphatic rings. The molecule has 0 radical (unpaired) electrons. The van der Waals surface area contributed by atoms with E-state index in [2.05, 4.69) is 15.9 Å². The maximum absolute atomic E-state index is 14.4. The summed E-state index contributed by atoms with van der Waals surface area (Å²) in [6.45, 7) is 1.80. The van der Waals surface area contributed by atoms with Gasteiger partial charge in [0.05, 0.1) is 41.7 Å². The van der Waals surface area contributed by atoms with E-state index in [1.165, 1.54) is 23.0 Å². The lowest BCUT2D eigenvalue weighted by Crippen LogP contribution is -2.48. The average Bonchev–Trinajstić information content (AvgIpc) is 3.38. The van der Waals surface area contributed by atoms with Crippen LogP contribution in [0, 0.1) is 29.1 Å². The van der Waals surface area contributed by atoms with Crippen molar-refractivity contribution in [1.82, 2.24) is 0 Å². The molecule has 4 amide bonds. The number of amides is 4. The van der Waals surface area contributed by atoms with E-state index < -0.39 is 35.0 Å². The second-order valence-corrected chi connectivity index (χ2v) is 12.8. The summed E-state index contributed by atoms with van der Waals surface area (Å²) in [4.78, 5) is 59.0. The van der Waals surface area contributed by atoms with Gasteiger partial charge >= 0.3 is 0 Å². The molecule has 6 atom stereocenters. The number of para-hydroxylation sites is 1. The van der Waals surface area contributed by atoms with Crippen molar-refractivity contribution in [2.24, 2.45) is 29.1 Å². The van der Waals surface area contributed by atoms with Gasteiger partial charge in [-0.3, -0.25) is 24.1 Å². The Morgan fingerprint density at radius 3 is 2.23 bits per heavy atom. The molecule has 2 aliphatic carbocycles. The molecule has 0 bridgehead atoms. The number of phenols is 1. The first-order valence-corrected chi connectivity index (χ1v) is 15.1. The minimum absolute atomic E-state index is 0.0586. The fourth-order valence-electron chi connectivity index (χ4n) is 7.92. The highest BCUT2D eigenvalue weighted by molar-refractivity contribution is 9.10. The Hall–Kier alpha value is -4.24. The van der Waals surface area contributed by atoms with Crippen molar-refractivity contribution in [3.63, 3.8) is 0 Å². The largest absolute Gasteiger partial charge is 0.508 e. The molecule has 7 rings (SSSR count). The molecule has 8 nitrogen and oxygen atoms in total. The number of hydrogen-bond acceptors (Lipinski definition) is 6. The molecular weight excluding hydrogens is 612 g/mol. The van der Waals surface area contributed by atoms with Crippen molar-refractivity contribution >= 4 is 50.9 Å². The van der Waals surface area contributed by atoms with Crippen molar-refractivity contribution in [2.45, 2.75) is 25.7 Å². The number of benzene rings is 3. The first kappa shape index (κ1) is 27.6. The third kappa shape index (κ3) is 3.87. The molecule has 43 heavy (non-hydrogen) atoms. The summed E-state index contributed by atoms with van der Waals surface area (Å²) in [5, 5.41) is 11.3. The van der Waals surface area contributed by atoms with E-state index in [1.807, 2.05) is 12.1 Å². The molecule has 3 aromatic rings. The van der Waals surface area contributed by atoms with E-state index in [1.54, 1.807) is 67.6 Å². The van der Waals surface area contributed by atoms with Gasteiger partial charge in [0.1, 0.15) is 11.5 Å². The Kier molecular flexibility index (Phi) is 6.36. The van der Waals surface area contributed by atoms with Crippen LogP contribution in [0.25, 0.3) is 0 Å². The summed E-state index contributed by atoms with van der Waals surface area (Å²) in [6, 6.07) is 20.8. The van der Waals surface area contributed by atoms with Crippen LogP contribution in [0.15, 0.2) is 88.9 Å². The second-order valence-electron chi connectivity index (χ2n) is 11.9. The summed E-state index contributed by atoms with van der Waals surface area (Å²) >= 11 is 3.41. The molecule has 218 valence electrons. The lowest BCUT2D eigenvalue weighted by molar-refractivity contribution is -0.131. The molecular formula is C34H29BrN2O6. The lowest BCUT2D eigenvalue weighted by Gasteiger charge is -2.49. The minimum Gasteiger partial charge on any atom is -0.508 e. The Balaban J connectivity index is 1.37. The van der Waals surface area contributed by atoms with Gasteiger partial charge in [-0.15, -0.1) is 0 Å². The number of imide groups is 2.